The SMILES string of the molecule is CCOc1ccc(Br)cc1/C=C1/NC(=S)N(c2ccccc2)C1=O. The Hall–Kier alpha value is -2.18. The number of benzene rings is 2. The highest BCUT2D eigenvalue weighted by molar-refractivity contribution is 9.10. The smallest absolute Gasteiger partial charge is 0.281 e. The van der Waals surface area contributed by atoms with E-state index < -0.39 is 0 Å². The number of ether oxygens (including phenoxy) is 1. The molecule has 0 atom stereocenters. The highest BCUT2D eigenvalue weighted by Gasteiger charge is 2.32. The van der Waals surface area contributed by atoms with Crippen LogP contribution >= 0.6 is 28.1 Å². The Morgan fingerprint density at radius 1 is 1.25 bits per heavy atom. The summed E-state index contributed by atoms with van der Waals surface area (Å²) in [5.41, 5.74) is 1.96. The molecule has 0 aromatic heterocycles. The minimum atomic E-state index is -0.186. The molecule has 1 saturated heterocycles. The van der Waals surface area contributed by atoms with Crippen LogP contribution in [0.3, 0.4) is 0 Å². The molecule has 4 nitrogen and oxygen atoms in total. The van der Waals surface area contributed by atoms with Crippen molar-refractivity contribution in [2.45, 2.75) is 6.92 Å². The van der Waals surface area contributed by atoms with Crippen LogP contribution in [0.4, 0.5) is 5.69 Å². The van der Waals surface area contributed by atoms with E-state index in [1.165, 1.54) is 4.90 Å². The fourth-order valence-corrected chi connectivity index (χ4v) is 3.10. The lowest BCUT2D eigenvalue weighted by atomic mass is 10.1. The Kier molecular flexibility index (Phi) is 4.97. The molecule has 0 spiro atoms. The van der Waals surface area contributed by atoms with Crippen molar-refractivity contribution in [1.29, 1.82) is 0 Å². The summed E-state index contributed by atoms with van der Waals surface area (Å²) < 4.78 is 6.53. The summed E-state index contributed by atoms with van der Waals surface area (Å²) >= 11 is 8.76. The van der Waals surface area contributed by atoms with Crippen molar-refractivity contribution in [3.63, 3.8) is 0 Å². The van der Waals surface area contributed by atoms with Crippen molar-refractivity contribution >= 4 is 50.9 Å². The van der Waals surface area contributed by atoms with E-state index in [1.54, 1.807) is 6.08 Å². The average molecular weight is 403 g/mol. The van der Waals surface area contributed by atoms with Gasteiger partial charge in [0.2, 0.25) is 0 Å². The predicted octanol–water partition coefficient (Wildman–Crippen LogP) is 4.11. The van der Waals surface area contributed by atoms with Gasteiger partial charge in [-0.2, -0.15) is 0 Å². The Morgan fingerprint density at radius 3 is 2.71 bits per heavy atom. The summed E-state index contributed by atoms with van der Waals surface area (Å²) in [6.07, 6.45) is 1.76. The zero-order chi connectivity index (χ0) is 17.1. The molecule has 0 unspecified atom stereocenters. The van der Waals surface area contributed by atoms with Gasteiger partial charge in [-0.15, -0.1) is 0 Å². The Labute approximate surface area is 154 Å². The van der Waals surface area contributed by atoms with Crippen molar-refractivity contribution in [1.82, 2.24) is 5.32 Å². The molecule has 0 saturated carbocycles. The highest BCUT2D eigenvalue weighted by Crippen LogP contribution is 2.28. The van der Waals surface area contributed by atoms with E-state index in [1.807, 2.05) is 55.5 Å². The van der Waals surface area contributed by atoms with E-state index >= 15 is 0 Å². The second kappa shape index (κ2) is 7.15. The van der Waals surface area contributed by atoms with Gasteiger partial charge in [-0.3, -0.25) is 9.69 Å². The standard InChI is InChI=1S/C18H15BrN2O2S/c1-2-23-16-9-8-13(19)10-12(16)11-15-17(22)21(18(24)20-15)14-6-4-3-5-7-14/h3-11H,2H2,1H3,(H,20,24)/b15-11+. The van der Waals surface area contributed by atoms with Crippen LogP contribution in [0.15, 0.2) is 58.7 Å². The van der Waals surface area contributed by atoms with Crippen molar-refractivity contribution in [2.24, 2.45) is 0 Å². The number of hydrogen-bond donors (Lipinski definition) is 1. The molecule has 1 amide bonds. The fourth-order valence-electron chi connectivity index (χ4n) is 2.42. The van der Waals surface area contributed by atoms with Crippen LogP contribution in [0.2, 0.25) is 0 Å². The van der Waals surface area contributed by atoms with E-state index in [0.717, 1.165) is 15.7 Å². The minimum absolute atomic E-state index is 0.186. The number of nitrogens with zero attached hydrogens (tertiary/aromatic N) is 1. The lowest BCUT2D eigenvalue weighted by Gasteiger charge is -2.13. The first-order valence-corrected chi connectivity index (χ1v) is 8.65. The fraction of sp³-hybridized carbons (Fsp3) is 0.111. The first kappa shape index (κ1) is 16.7. The van der Waals surface area contributed by atoms with Crippen molar-refractivity contribution < 1.29 is 9.53 Å². The maximum absolute atomic E-state index is 12.7. The highest BCUT2D eigenvalue weighted by atomic mass is 79.9. The summed E-state index contributed by atoms with van der Waals surface area (Å²) in [6.45, 7) is 2.47. The van der Waals surface area contributed by atoms with Crippen molar-refractivity contribution in [3.8, 4) is 5.75 Å². The Balaban J connectivity index is 1.97. The molecule has 122 valence electrons. The van der Waals surface area contributed by atoms with E-state index in [-0.39, 0.29) is 5.91 Å². The van der Waals surface area contributed by atoms with Gasteiger partial charge < -0.3 is 10.1 Å². The number of para-hydroxylation sites is 1. The zero-order valence-electron chi connectivity index (χ0n) is 13.0. The van der Waals surface area contributed by atoms with Gasteiger partial charge >= 0.3 is 0 Å². The second-order valence-electron chi connectivity index (χ2n) is 5.08. The van der Waals surface area contributed by atoms with Gasteiger partial charge in [-0.1, -0.05) is 34.1 Å². The summed E-state index contributed by atoms with van der Waals surface area (Å²) in [5.74, 6) is 0.528. The predicted molar refractivity (Wildman–Crippen MR) is 103 cm³/mol. The van der Waals surface area contributed by atoms with E-state index in [9.17, 15) is 4.79 Å². The van der Waals surface area contributed by atoms with E-state index in [0.29, 0.717) is 23.2 Å². The number of carbonyl (C=O) groups excluding carboxylic acids is 1. The van der Waals surface area contributed by atoms with Gasteiger partial charge in [0.25, 0.3) is 5.91 Å². The molecule has 1 aliphatic rings. The number of amides is 1. The summed E-state index contributed by atoms with van der Waals surface area (Å²) in [6, 6.07) is 15.0. The number of nitrogens with one attached hydrogen (secondary N) is 1. The number of halogens is 1. The van der Waals surface area contributed by atoms with Crippen LogP contribution in [0.1, 0.15) is 12.5 Å². The van der Waals surface area contributed by atoms with Crippen LogP contribution in [0.5, 0.6) is 5.75 Å². The lowest BCUT2D eigenvalue weighted by Crippen LogP contribution is -2.30. The van der Waals surface area contributed by atoms with E-state index in [2.05, 4.69) is 21.2 Å². The molecule has 0 radical (unpaired) electrons. The normalized spacial score (nSPS) is 15.8. The largest absolute Gasteiger partial charge is 0.493 e. The van der Waals surface area contributed by atoms with Crippen molar-refractivity contribution in [2.75, 3.05) is 11.5 Å². The first-order chi connectivity index (χ1) is 11.6. The Bertz CT molecular complexity index is 821. The third-order valence-electron chi connectivity index (χ3n) is 3.46. The molecule has 0 aliphatic carbocycles. The molecule has 1 fully saturated rings. The number of carbonyl (C=O) groups is 1. The van der Waals surface area contributed by atoms with Crippen LogP contribution in [0, 0.1) is 0 Å². The quantitative estimate of drug-likeness (QED) is 0.616. The third-order valence-corrected chi connectivity index (χ3v) is 4.24. The molecular weight excluding hydrogens is 388 g/mol. The molecule has 2 aromatic rings. The van der Waals surface area contributed by atoms with Gasteiger partial charge in [-0.25, -0.2) is 0 Å². The maximum atomic E-state index is 12.7. The monoisotopic (exact) mass is 402 g/mol. The molecule has 2 aromatic carbocycles. The molecule has 1 N–H and O–H groups in total. The second-order valence-corrected chi connectivity index (χ2v) is 6.38. The number of hydrogen-bond acceptors (Lipinski definition) is 3. The summed E-state index contributed by atoms with van der Waals surface area (Å²) in [5, 5.41) is 3.35. The molecule has 1 aliphatic heterocycles. The Morgan fingerprint density at radius 2 is 2.00 bits per heavy atom. The van der Waals surface area contributed by atoms with Gasteiger partial charge in [0.05, 0.1) is 12.3 Å². The molecule has 0 bridgehead atoms. The van der Waals surface area contributed by atoms with Gasteiger partial charge in [0.15, 0.2) is 5.11 Å². The van der Waals surface area contributed by atoms with Gasteiger partial charge in [0, 0.05) is 10.0 Å². The topological polar surface area (TPSA) is 41.6 Å². The number of rotatable bonds is 4. The number of thiocarbonyl (C=S) groups is 1. The lowest BCUT2D eigenvalue weighted by molar-refractivity contribution is -0.113. The van der Waals surface area contributed by atoms with Crippen LogP contribution in [0.25, 0.3) is 6.08 Å². The van der Waals surface area contributed by atoms with Gasteiger partial charge in [-0.05, 0) is 55.5 Å². The third kappa shape index (κ3) is 3.34. The minimum Gasteiger partial charge on any atom is -0.493 e. The summed E-state index contributed by atoms with van der Waals surface area (Å²) in [7, 11) is 0. The van der Waals surface area contributed by atoms with Crippen LogP contribution < -0.4 is 15.0 Å². The summed E-state index contributed by atoms with van der Waals surface area (Å²) in [4.78, 5) is 14.2. The molecule has 6 heteroatoms. The average Bonchev–Trinajstić information content (AvgIpc) is 2.85. The van der Waals surface area contributed by atoms with Gasteiger partial charge in [0.1, 0.15) is 11.4 Å². The van der Waals surface area contributed by atoms with E-state index in [4.69, 9.17) is 17.0 Å². The van der Waals surface area contributed by atoms with Crippen molar-refractivity contribution in [3.05, 3.63) is 64.3 Å². The number of anilines is 1. The van der Waals surface area contributed by atoms with Crippen LogP contribution in [-0.2, 0) is 4.79 Å². The molecule has 1 heterocycles. The maximum Gasteiger partial charge on any atom is 0.281 e. The molecular formula is C18H15BrN2O2S. The molecule has 3 rings (SSSR count). The first-order valence-electron chi connectivity index (χ1n) is 7.44. The molecule has 24 heavy (non-hydrogen) atoms. The zero-order valence-corrected chi connectivity index (χ0v) is 15.4. The van der Waals surface area contributed by atoms with Crippen LogP contribution in [-0.4, -0.2) is 17.6 Å².